The van der Waals surface area contributed by atoms with Gasteiger partial charge in [0.15, 0.2) is 17.6 Å². The lowest BCUT2D eigenvalue weighted by Gasteiger charge is -2.36. The number of terminal acetylenes is 1. The second kappa shape index (κ2) is 9.96. The maximum Gasteiger partial charge on any atom is 0.240 e. The van der Waals surface area contributed by atoms with Gasteiger partial charge in [0.2, 0.25) is 17.7 Å². The van der Waals surface area contributed by atoms with E-state index in [9.17, 15) is 4.79 Å². The van der Waals surface area contributed by atoms with Crippen molar-refractivity contribution < 1.29 is 23.0 Å². The van der Waals surface area contributed by atoms with Crippen LogP contribution in [0.15, 0.2) is 29.6 Å². The van der Waals surface area contributed by atoms with Crippen molar-refractivity contribution in [1.29, 1.82) is 0 Å². The van der Waals surface area contributed by atoms with E-state index in [0.29, 0.717) is 31.9 Å². The van der Waals surface area contributed by atoms with Crippen LogP contribution in [0.3, 0.4) is 0 Å². The van der Waals surface area contributed by atoms with Crippen molar-refractivity contribution >= 4 is 34.7 Å². The number of nitrogens with zero attached hydrogens (tertiary/aromatic N) is 5. The second-order valence-electron chi connectivity index (χ2n) is 9.50. The molecule has 0 spiro atoms. The van der Waals surface area contributed by atoms with Crippen LogP contribution in [0, 0.1) is 30.1 Å². The first-order valence-electron chi connectivity index (χ1n) is 12.0. The number of aliphatic imine (C=N–C) groups is 1. The third-order valence-electron chi connectivity index (χ3n) is 7.26. The smallest absolute Gasteiger partial charge is 0.240 e. The van der Waals surface area contributed by atoms with Gasteiger partial charge in [-0.05, 0) is 30.5 Å². The number of carbonyl (C=O) groups is 1. The highest BCUT2D eigenvalue weighted by atomic mass is 32.2. The van der Waals surface area contributed by atoms with Crippen molar-refractivity contribution in [2.75, 3.05) is 32.9 Å². The number of hydrogen-bond donors (Lipinski definition) is 1. The summed E-state index contributed by atoms with van der Waals surface area (Å²) in [4.78, 5) is 31.9. The topological polar surface area (TPSA) is 116 Å². The maximum absolute atomic E-state index is 15.2. The SMILES string of the molecule is C#CCOc1cnc(/C(F)=C/c2cnc(F)c([C@@]3(C)N=C(N)S[C@@]4(C(=O)N5CCOCC5)C(C)C43)c2)cn1. The molecule has 38 heavy (non-hydrogen) atoms. The Kier molecular flexibility index (Phi) is 6.83. The number of morpholine rings is 1. The van der Waals surface area contributed by atoms with Gasteiger partial charge in [-0.3, -0.25) is 9.79 Å². The lowest BCUT2D eigenvalue weighted by molar-refractivity contribution is -0.136. The first-order chi connectivity index (χ1) is 18.2. The molecule has 4 heterocycles. The molecule has 2 aromatic rings. The number of pyridine rings is 1. The number of nitrogens with two attached hydrogens (primary N) is 1. The van der Waals surface area contributed by atoms with Crippen LogP contribution in [0.5, 0.6) is 5.88 Å². The molecule has 4 atom stereocenters. The van der Waals surface area contributed by atoms with Crippen LogP contribution in [0.1, 0.15) is 30.7 Å². The zero-order valence-corrected chi connectivity index (χ0v) is 21.7. The summed E-state index contributed by atoms with van der Waals surface area (Å²) < 4.78 is 39.9. The van der Waals surface area contributed by atoms with E-state index in [-0.39, 0.29) is 46.7 Å². The first-order valence-corrected chi connectivity index (χ1v) is 12.9. The normalized spacial score (nSPS) is 28.7. The molecular weight excluding hydrogens is 514 g/mol. The minimum absolute atomic E-state index is 0.0135. The summed E-state index contributed by atoms with van der Waals surface area (Å²) in [7, 11) is 0. The van der Waals surface area contributed by atoms with E-state index in [2.05, 4.69) is 25.9 Å². The van der Waals surface area contributed by atoms with Gasteiger partial charge >= 0.3 is 0 Å². The van der Waals surface area contributed by atoms with Crippen molar-refractivity contribution in [3.63, 3.8) is 0 Å². The fraction of sp³-hybridized carbons (Fsp3) is 0.423. The van der Waals surface area contributed by atoms with Gasteiger partial charge in [0.25, 0.3) is 0 Å². The zero-order valence-electron chi connectivity index (χ0n) is 20.9. The van der Waals surface area contributed by atoms with E-state index in [1.165, 1.54) is 42.5 Å². The van der Waals surface area contributed by atoms with Gasteiger partial charge in [-0.2, -0.15) is 4.39 Å². The Morgan fingerprint density at radius 2 is 2.11 bits per heavy atom. The Morgan fingerprint density at radius 3 is 2.79 bits per heavy atom. The summed E-state index contributed by atoms with van der Waals surface area (Å²) in [5.41, 5.74) is 5.44. The van der Waals surface area contributed by atoms with Gasteiger partial charge in [-0.15, -0.1) is 6.42 Å². The fourth-order valence-electron chi connectivity index (χ4n) is 5.45. The molecule has 3 aliphatic rings. The number of amides is 1. The number of ether oxygens (including phenoxy) is 2. The van der Waals surface area contributed by atoms with E-state index >= 15 is 8.78 Å². The number of carbonyl (C=O) groups excluding carboxylic acids is 1. The first kappa shape index (κ1) is 26.1. The van der Waals surface area contributed by atoms with Crippen molar-refractivity contribution in [2.45, 2.75) is 24.1 Å². The molecule has 2 N–H and O–H groups in total. The summed E-state index contributed by atoms with van der Waals surface area (Å²) in [5.74, 6) is 0.510. The highest BCUT2D eigenvalue weighted by Crippen LogP contribution is 2.70. The minimum Gasteiger partial charge on any atom is -0.463 e. The predicted octanol–water partition coefficient (Wildman–Crippen LogP) is 2.63. The fourth-order valence-corrected chi connectivity index (χ4v) is 7.06. The van der Waals surface area contributed by atoms with Crippen LogP contribution in [-0.4, -0.2) is 68.6 Å². The van der Waals surface area contributed by atoms with E-state index in [0.717, 1.165) is 0 Å². The summed E-state index contributed by atoms with van der Waals surface area (Å²) in [6, 6.07) is 1.49. The Bertz CT molecular complexity index is 1360. The van der Waals surface area contributed by atoms with E-state index in [4.69, 9.17) is 21.6 Å². The number of hydrogen-bond acceptors (Lipinski definition) is 9. The van der Waals surface area contributed by atoms with Crippen LogP contribution in [-0.2, 0) is 15.1 Å². The largest absolute Gasteiger partial charge is 0.463 e. The molecule has 0 bridgehead atoms. The number of thioether (sulfide) groups is 1. The average Bonchev–Trinajstić information content (AvgIpc) is 3.54. The van der Waals surface area contributed by atoms with Crippen LogP contribution < -0.4 is 10.5 Å². The highest BCUT2D eigenvalue weighted by Gasteiger charge is 2.76. The molecule has 12 heteroatoms. The van der Waals surface area contributed by atoms with E-state index in [1.54, 1.807) is 11.8 Å². The van der Waals surface area contributed by atoms with Crippen molar-refractivity contribution in [2.24, 2.45) is 22.6 Å². The molecular formula is C26H26F2N6O3S. The minimum atomic E-state index is -1.18. The van der Waals surface area contributed by atoms with Gasteiger partial charge in [0.1, 0.15) is 10.4 Å². The molecule has 1 saturated carbocycles. The molecule has 9 nitrogen and oxygen atoms in total. The third-order valence-corrected chi connectivity index (χ3v) is 8.70. The van der Waals surface area contributed by atoms with Crippen molar-refractivity contribution in [1.82, 2.24) is 19.9 Å². The monoisotopic (exact) mass is 540 g/mol. The Morgan fingerprint density at radius 1 is 1.34 bits per heavy atom. The quantitative estimate of drug-likeness (QED) is 0.439. The Labute approximate surface area is 222 Å². The molecule has 2 aromatic heterocycles. The number of rotatable bonds is 6. The molecule has 2 aliphatic heterocycles. The third kappa shape index (κ3) is 4.39. The summed E-state index contributed by atoms with van der Waals surface area (Å²) in [6.45, 7) is 5.63. The van der Waals surface area contributed by atoms with Gasteiger partial charge in [-0.25, -0.2) is 19.3 Å². The second-order valence-corrected chi connectivity index (χ2v) is 10.8. The molecule has 1 aliphatic carbocycles. The number of aromatic nitrogens is 3. The zero-order chi connectivity index (χ0) is 27.1. The summed E-state index contributed by atoms with van der Waals surface area (Å²) >= 11 is 1.24. The van der Waals surface area contributed by atoms with E-state index in [1.807, 2.05) is 6.92 Å². The molecule has 198 valence electrons. The summed E-state index contributed by atoms with van der Waals surface area (Å²) in [6.07, 6.45) is 10.0. The molecule has 5 rings (SSSR count). The van der Waals surface area contributed by atoms with Crippen molar-refractivity contribution in [3.8, 4) is 18.2 Å². The van der Waals surface area contributed by atoms with Crippen LogP contribution >= 0.6 is 11.8 Å². The standard InChI is InChI=1S/C26H26F2N6O3S/c1-4-7-37-20-14-30-19(13-31-20)18(27)11-16-10-17(22(28)32-12-16)25(3)21-15(2)26(21,38-24(29)33-25)23(35)34-5-8-36-9-6-34/h1,10-15,21H,5-9H2,2-3H3,(H2,29,33)/b18-11-/t15?,21?,25-,26+/m1/s1. The van der Waals surface area contributed by atoms with Gasteiger partial charge in [-0.1, -0.05) is 24.6 Å². The lowest BCUT2D eigenvalue weighted by atomic mass is 9.85. The molecule has 0 radical (unpaired) electrons. The number of fused-ring (bicyclic) bond motifs is 1. The lowest BCUT2D eigenvalue weighted by Crippen LogP contribution is -2.50. The summed E-state index contributed by atoms with van der Waals surface area (Å²) in [5, 5.41) is 0.198. The molecule has 0 aromatic carbocycles. The maximum atomic E-state index is 15.2. The molecule has 1 amide bonds. The van der Waals surface area contributed by atoms with Crippen LogP contribution in [0.2, 0.25) is 0 Å². The molecule has 2 fully saturated rings. The van der Waals surface area contributed by atoms with Crippen LogP contribution in [0.25, 0.3) is 11.9 Å². The van der Waals surface area contributed by atoms with Gasteiger partial charge in [0.05, 0.1) is 31.1 Å². The van der Waals surface area contributed by atoms with Crippen molar-refractivity contribution in [3.05, 3.63) is 47.4 Å². The number of halogens is 2. The Hall–Kier alpha value is -3.56. The van der Waals surface area contributed by atoms with Gasteiger partial charge in [0, 0.05) is 30.8 Å². The number of amidine groups is 1. The van der Waals surface area contributed by atoms with Gasteiger partial charge < -0.3 is 20.1 Å². The highest BCUT2D eigenvalue weighted by molar-refractivity contribution is 8.15. The predicted molar refractivity (Wildman–Crippen MR) is 139 cm³/mol. The Balaban J connectivity index is 1.46. The molecule has 1 saturated heterocycles. The molecule has 2 unspecified atom stereocenters. The van der Waals surface area contributed by atoms with E-state index < -0.39 is 22.1 Å². The average molecular weight is 541 g/mol. The van der Waals surface area contributed by atoms with Crippen LogP contribution in [0.4, 0.5) is 8.78 Å².